The Balaban J connectivity index is 1.77. The summed E-state index contributed by atoms with van der Waals surface area (Å²) < 4.78 is 0. The maximum absolute atomic E-state index is 12.7. The summed E-state index contributed by atoms with van der Waals surface area (Å²) in [6.07, 6.45) is 2.81. The molecule has 6 nitrogen and oxygen atoms in total. The minimum atomic E-state index is -0.549. The first-order valence-electron chi connectivity index (χ1n) is 9.33. The third-order valence-electron chi connectivity index (χ3n) is 5.44. The number of benzene rings is 1. The summed E-state index contributed by atoms with van der Waals surface area (Å²) in [5.41, 5.74) is 2.92. The van der Waals surface area contributed by atoms with Crippen LogP contribution in [0.3, 0.4) is 0 Å². The van der Waals surface area contributed by atoms with Gasteiger partial charge in [0.2, 0.25) is 11.8 Å². The highest BCUT2D eigenvalue weighted by Crippen LogP contribution is 2.31. The van der Waals surface area contributed by atoms with Crippen LogP contribution in [-0.2, 0) is 16.1 Å². The van der Waals surface area contributed by atoms with Gasteiger partial charge in [-0.25, -0.2) is 0 Å². The summed E-state index contributed by atoms with van der Waals surface area (Å²) >= 11 is 0. The summed E-state index contributed by atoms with van der Waals surface area (Å²) in [6.45, 7) is 3.66. The quantitative estimate of drug-likeness (QED) is 0.790. The Morgan fingerprint density at radius 1 is 1.27 bits per heavy atom. The third-order valence-corrected chi connectivity index (χ3v) is 5.44. The van der Waals surface area contributed by atoms with Crippen LogP contribution in [0.2, 0.25) is 0 Å². The van der Waals surface area contributed by atoms with Gasteiger partial charge >= 0.3 is 0 Å². The van der Waals surface area contributed by atoms with Crippen molar-refractivity contribution in [1.29, 1.82) is 0 Å². The predicted molar refractivity (Wildman–Crippen MR) is 98.7 cm³/mol. The van der Waals surface area contributed by atoms with Crippen LogP contribution in [-0.4, -0.2) is 54.2 Å². The normalized spacial score (nSPS) is 21.2. The van der Waals surface area contributed by atoms with Crippen molar-refractivity contribution >= 4 is 17.7 Å². The summed E-state index contributed by atoms with van der Waals surface area (Å²) in [6, 6.07) is 5.53. The van der Waals surface area contributed by atoms with Gasteiger partial charge in [-0.2, -0.15) is 0 Å². The Labute approximate surface area is 154 Å². The molecule has 0 saturated carbocycles. The monoisotopic (exact) mass is 357 g/mol. The topological polar surface area (TPSA) is 69.7 Å². The Kier molecular flexibility index (Phi) is 5.41. The van der Waals surface area contributed by atoms with Gasteiger partial charge in [-0.1, -0.05) is 19.1 Å². The molecular weight excluding hydrogens is 330 g/mol. The second-order valence-electron chi connectivity index (χ2n) is 7.51. The molecule has 140 valence electrons. The van der Waals surface area contributed by atoms with E-state index in [9.17, 15) is 14.4 Å². The van der Waals surface area contributed by atoms with Crippen LogP contribution in [0.5, 0.6) is 0 Å². The molecular formula is C20H27N3O3. The number of hydrogen-bond acceptors (Lipinski definition) is 4. The Morgan fingerprint density at radius 2 is 2.04 bits per heavy atom. The van der Waals surface area contributed by atoms with E-state index in [0.717, 1.165) is 24.9 Å². The molecule has 3 amide bonds. The molecule has 2 atom stereocenters. The molecule has 2 aliphatic rings. The lowest BCUT2D eigenvalue weighted by atomic mass is 9.91. The fourth-order valence-electron chi connectivity index (χ4n) is 3.87. The Bertz CT molecular complexity index is 729. The number of nitrogens with zero attached hydrogens (tertiary/aromatic N) is 2. The van der Waals surface area contributed by atoms with Crippen molar-refractivity contribution in [3.05, 3.63) is 34.9 Å². The van der Waals surface area contributed by atoms with Crippen LogP contribution < -0.4 is 5.32 Å². The van der Waals surface area contributed by atoms with Gasteiger partial charge in [0.25, 0.3) is 5.91 Å². The number of fused-ring (bicyclic) bond motifs is 1. The summed E-state index contributed by atoms with van der Waals surface area (Å²) in [4.78, 5) is 40.0. The van der Waals surface area contributed by atoms with Gasteiger partial charge in [0.15, 0.2) is 0 Å². The van der Waals surface area contributed by atoms with Crippen molar-refractivity contribution in [1.82, 2.24) is 15.1 Å². The van der Waals surface area contributed by atoms with Gasteiger partial charge < -0.3 is 9.80 Å². The zero-order chi connectivity index (χ0) is 18.8. The minimum absolute atomic E-state index is 0.109. The molecule has 0 spiro atoms. The van der Waals surface area contributed by atoms with Gasteiger partial charge in [-0.05, 0) is 63.0 Å². The van der Waals surface area contributed by atoms with Crippen molar-refractivity contribution in [2.45, 2.75) is 51.1 Å². The van der Waals surface area contributed by atoms with E-state index in [0.29, 0.717) is 24.4 Å². The molecule has 1 fully saturated rings. The molecule has 6 heteroatoms. The number of imide groups is 1. The second-order valence-corrected chi connectivity index (χ2v) is 7.51. The van der Waals surface area contributed by atoms with Crippen molar-refractivity contribution in [2.75, 3.05) is 20.6 Å². The SMILES string of the molecule is CCC(CCN(C)C)c1ccc2c(c1)CN(C1CCC(=O)NC1=O)C2=O. The smallest absolute Gasteiger partial charge is 0.255 e. The van der Waals surface area contributed by atoms with Gasteiger partial charge in [-0.15, -0.1) is 0 Å². The molecule has 0 bridgehead atoms. The molecule has 0 aromatic heterocycles. The van der Waals surface area contributed by atoms with E-state index in [4.69, 9.17) is 0 Å². The largest absolute Gasteiger partial charge is 0.322 e. The van der Waals surface area contributed by atoms with Crippen molar-refractivity contribution in [3.63, 3.8) is 0 Å². The van der Waals surface area contributed by atoms with E-state index in [1.54, 1.807) is 4.90 Å². The maximum Gasteiger partial charge on any atom is 0.255 e. The van der Waals surface area contributed by atoms with Crippen LogP contribution in [0.25, 0.3) is 0 Å². The van der Waals surface area contributed by atoms with Gasteiger partial charge in [-0.3, -0.25) is 19.7 Å². The van der Waals surface area contributed by atoms with Crippen molar-refractivity contribution in [3.8, 4) is 0 Å². The summed E-state index contributed by atoms with van der Waals surface area (Å²) in [5, 5.41) is 2.34. The fourth-order valence-corrected chi connectivity index (χ4v) is 3.87. The standard InChI is InChI=1S/C20H27N3O3/c1-4-13(9-10-22(2)3)14-5-6-16-15(11-14)12-23(20(16)26)17-7-8-18(24)21-19(17)25/h5-6,11,13,17H,4,7-10,12H2,1-3H3,(H,21,24,25). The molecule has 0 aliphatic carbocycles. The number of carbonyl (C=O) groups is 3. The lowest BCUT2D eigenvalue weighted by Crippen LogP contribution is -2.52. The first-order chi connectivity index (χ1) is 12.4. The van der Waals surface area contributed by atoms with Crippen LogP contribution in [0.4, 0.5) is 0 Å². The number of hydrogen-bond donors (Lipinski definition) is 1. The van der Waals surface area contributed by atoms with Crippen LogP contribution >= 0.6 is 0 Å². The first kappa shape index (κ1) is 18.6. The van der Waals surface area contributed by atoms with E-state index in [1.807, 2.05) is 6.07 Å². The van der Waals surface area contributed by atoms with E-state index in [1.165, 1.54) is 5.56 Å². The molecule has 1 aromatic rings. The molecule has 1 aromatic carbocycles. The highest BCUT2D eigenvalue weighted by atomic mass is 16.2. The number of rotatable bonds is 6. The minimum Gasteiger partial charge on any atom is -0.322 e. The zero-order valence-corrected chi connectivity index (χ0v) is 15.7. The van der Waals surface area contributed by atoms with E-state index >= 15 is 0 Å². The summed E-state index contributed by atoms with van der Waals surface area (Å²) in [7, 11) is 4.15. The van der Waals surface area contributed by atoms with E-state index in [2.05, 4.69) is 43.4 Å². The maximum atomic E-state index is 12.7. The highest BCUT2D eigenvalue weighted by Gasteiger charge is 2.39. The van der Waals surface area contributed by atoms with Gasteiger partial charge in [0, 0.05) is 18.5 Å². The van der Waals surface area contributed by atoms with Gasteiger partial charge in [0.05, 0.1) is 0 Å². The molecule has 2 heterocycles. The summed E-state index contributed by atoms with van der Waals surface area (Å²) in [5.74, 6) is -0.269. The molecule has 2 unspecified atom stereocenters. The number of nitrogens with one attached hydrogen (secondary N) is 1. The van der Waals surface area contributed by atoms with Crippen molar-refractivity contribution in [2.24, 2.45) is 0 Å². The first-order valence-corrected chi connectivity index (χ1v) is 9.33. The van der Waals surface area contributed by atoms with E-state index in [-0.39, 0.29) is 24.1 Å². The lowest BCUT2D eigenvalue weighted by molar-refractivity contribution is -0.136. The molecule has 1 saturated heterocycles. The average Bonchev–Trinajstić information content (AvgIpc) is 2.91. The second kappa shape index (κ2) is 7.58. The number of piperidine rings is 1. The number of carbonyl (C=O) groups excluding carboxylic acids is 3. The van der Waals surface area contributed by atoms with Crippen LogP contribution in [0.15, 0.2) is 18.2 Å². The molecule has 1 N–H and O–H groups in total. The zero-order valence-electron chi connectivity index (χ0n) is 15.7. The molecule has 3 rings (SSSR count). The Hall–Kier alpha value is -2.21. The lowest BCUT2D eigenvalue weighted by Gasteiger charge is -2.29. The Morgan fingerprint density at radius 3 is 2.69 bits per heavy atom. The highest BCUT2D eigenvalue weighted by molar-refractivity contribution is 6.05. The predicted octanol–water partition coefficient (Wildman–Crippen LogP) is 1.89. The van der Waals surface area contributed by atoms with Crippen molar-refractivity contribution < 1.29 is 14.4 Å². The molecule has 26 heavy (non-hydrogen) atoms. The average molecular weight is 357 g/mol. The fraction of sp³-hybridized carbons (Fsp3) is 0.550. The van der Waals surface area contributed by atoms with E-state index < -0.39 is 6.04 Å². The molecule has 0 radical (unpaired) electrons. The molecule has 2 aliphatic heterocycles. The van der Waals surface area contributed by atoms with Gasteiger partial charge in [0.1, 0.15) is 6.04 Å². The number of amides is 3. The third kappa shape index (κ3) is 3.65. The van der Waals surface area contributed by atoms with Crippen LogP contribution in [0, 0.1) is 0 Å². The van der Waals surface area contributed by atoms with Crippen LogP contribution in [0.1, 0.15) is 60.0 Å².